The summed E-state index contributed by atoms with van der Waals surface area (Å²) in [6.45, 7) is 10.9. The largest absolute Gasteiger partial charge is 0.388 e. The van der Waals surface area contributed by atoms with Crippen LogP contribution < -0.4 is 16.2 Å². The van der Waals surface area contributed by atoms with Gasteiger partial charge in [0.25, 0.3) is 17.4 Å². The fourth-order valence-corrected chi connectivity index (χ4v) is 6.24. The molecule has 0 aliphatic carbocycles. The number of thiazole rings is 1. The van der Waals surface area contributed by atoms with E-state index in [1.54, 1.807) is 31.1 Å². The number of hydrogen-bond acceptors (Lipinski definition) is 7. The zero-order valence-electron chi connectivity index (χ0n) is 26.0. The van der Waals surface area contributed by atoms with E-state index in [2.05, 4.69) is 36.4 Å². The van der Waals surface area contributed by atoms with Crippen molar-refractivity contribution in [3.8, 4) is 11.1 Å². The molecular weight excluding hydrogens is 574 g/mol. The number of β-amino-alcohol motifs (C(OH)–C–C–N with tert-alkyl or cyclic N) is 1. The molecule has 2 amide bonds. The van der Waals surface area contributed by atoms with Crippen LogP contribution in [0.2, 0.25) is 0 Å². The number of pyridine rings is 1. The molecule has 0 bridgehead atoms. The number of rotatable bonds is 6. The van der Waals surface area contributed by atoms with Gasteiger partial charge in [-0.2, -0.15) is 0 Å². The molecule has 3 heterocycles. The minimum atomic E-state index is -0.901. The van der Waals surface area contributed by atoms with Gasteiger partial charge in [-0.1, -0.05) is 56.4 Å². The third-order valence-corrected chi connectivity index (χ3v) is 8.91. The highest BCUT2D eigenvalue weighted by atomic mass is 32.1. The lowest BCUT2D eigenvalue weighted by atomic mass is 9.86. The van der Waals surface area contributed by atoms with Gasteiger partial charge in [0, 0.05) is 43.1 Å². The Morgan fingerprint density at radius 1 is 1.09 bits per heavy atom. The first-order valence-corrected chi connectivity index (χ1v) is 15.5. The van der Waals surface area contributed by atoms with Crippen LogP contribution in [0.15, 0.2) is 65.7 Å². The minimum Gasteiger partial charge on any atom is -0.388 e. The van der Waals surface area contributed by atoms with Crippen molar-refractivity contribution < 1.29 is 14.7 Å². The molecule has 1 saturated heterocycles. The first-order valence-electron chi connectivity index (χ1n) is 14.7. The van der Waals surface area contributed by atoms with E-state index in [0.29, 0.717) is 39.9 Å². The number of nitrogens with zero attached hydrogens (tertiary/aromatic N) is 3. The summed E-state index contributed by atoms with van der Waals surface area (Å²) >= 11 is 1.17. The molecule has 1 fully saturated rings. The van der Waals surface area contributed by atoms with Crippen LogP contribution in [0.3, 0.4) is 0 Å². The number of hydrogen-bond donors (Lipinski definition) is 3. The molecule has 1 aliphatic rings. The Balaban J connectivity index is 1.36. The predicted octanol–water partition coefficient (Wildman–Crippen LogP) is 6.10. The van der Waals surface area contributed by atoms with Crippen molar-refractivity contribution in [3.63, 3.8) is 0 Å². The monoisotopic (exact) mass is 613 g/mol. The van der Waals surface area contributed by atoms with Crippen LogP contribution in [0.25, 0.3) is 11.1 Å². The number of aryl methyl sites for hydroxylation is 1. The Kier molecular flexibility index (Phi) is 8.51. The summed E-state index contributed by atoms with van der Waals surface area (Å²) in [7, 11) is 1.68. The van der Waals surface area contributed by atoms with Crippen molar-refractivity contribution in [2.24, 2.45) is 7.05 Å². The molecule has 44 heavy (non-hydrogen) atoms. The maximum absolute atomic E-state index is 13.1. The SMILES string of the molecule is Cc1c(NC(=O)c2ccc(C(C)(C)C)cc2)cccc1-c1cc(Nc2ncc(C(=O)N3CCCC(C)(O)C3)s2)c(=O)n(C)c1. The van der Waals surface area contributed by atoms with Crippen LogP contribution >= 0.6 is 11.3 Å². The van der Waals surface area contributed by atoms with E-state index in [1.165, 1.54) is 22.1 Å². The van der Waals surface area contributed by atoms with Crippen LogP contribution in [0.5, 0.6) is 0 Å². The molecule has 10 heteroatoms. The maximum atomic E-state index is 13.1. The lowest BCUT2D eigenvalue weighted by Gasteiger charge is -2.36. The molecular formula is C34H39N5O4S. The molecule has 2 aromatic heterocycles. The first kappa shape index (κ1) is 31.2. The highest BCUT2D eigenvalue weighted by Crippen LogP contribution is 2.31. The molecule has 1 unspecified atom stereocenters. The molecule has 4 aromatic rings. The van der Waals surface area contributed by atoms with Crippen LogP contribution in [0, 0.1) is 6.92 Å². The fourth-order valence-electron chi connectivity index (χ4n) is 5.44. The number of nitrogens with one attached hydrogen (secondary N) is 2. The minimum absolute atomic E-state index is 0.00110. The molecule has 3 N–H and O–H groups in total. The third kappa shape index (κ3) is 6.76. The van der Waals surface area contributed by atoms with Gasteiger partial charge >= 0.3 is 0 Å². The Labute approximate surface area is 261 Å². The van der Waals surface area contributed by atoms with Crippen LogP contribution in [0.1, 0.15) is 71.7 Å². The summed E-state index contributed by atoms with van der Waals surface area (Å²) in [4.78, 5) is 45.7. The number of piperidine rings is 1. The second kappa shape index (κ2) is 12.0. The molecule has 230 valence electrons. The quantitative estimate of drug-likeness (QED) is 0.242. The summed E-state index contributed by atoms with van der Waals surface area (Å²) in [5, 5.41) is 17.0. The van der Waals surface area contributed by atoms with E-state index in [9.17, 15) is 19.5 Å². The molecule has 5 rings (SSSR count). The number of aliphatic hydroxyl groups is 1. The summed E-state index contributed by atoms with van der Waals surface area (Å²) in [5.74, 6) is -0.382. The maximum Gasteiger partial charge on any atom is 0.274 e. The Bertz CT molecular complexity index is 1770. The van der Waals surface area contributed by atoms with Crippen LogP contribution in [-0.2, 0) is 12.5 Å². The van der Waals surface area contributed by atoms with Crippen molar-refractivity contribution in [1.29, 1.82) is 0 Å². The number of anilines is 3. The van der Waals surface area contributed by atoms with E-state index < -0.39 is 5.60 Å². The number of carbonyl (C=O) groups excluding carboxylic acids is 2. The lowest BCUT2D eigenvalue weighted by molar-refractivity contribution is -0.0105. The van der Waals surface area contributed by atoms with Gasteiger partial charge in [-0.05, 0) is 73.1 Å². The fraction of sp³-hybridized carbons (Fsp3) is 0.353. The van der Waals surface area contributed by atoms with Crippen molar-refractivity contribution in [2.45, 2.75) is 58.5 Å². The van der Waals surface area contributed by atoms with Crippen molar-refractivity contribution >= 4 is 39.7 Å². The summed E-state index contributed by atoms with van der Waals surface area (Å²) in [6, 6.07) is 15.1. The van der Waals surface area contributed by atoms with Crippen molar-refractivity contribution in [3.05, 3.63) is 92.8 Å². The van der Waals surface area contributed by atoms with E-state index >= 15 is 0 Å². The van der Waals surface area contributed by atoms with Gasteiger partial charge in [0.1, 0.15) is 10.6 Å². The standard InChI is InChI=1S/C34H39N5O4S/c1-21-25(9-7-10-26(21)36-29(40)22-11-13-24(14-12-22)33(2,3)4)23-17-27(30(41)38(6)19-23)37-32-35-18-28(44-32)31(42)39-16-8-15-34(5,43)20-39/h7,9-14,17-19,43H,8,15-16,20H2,1-6H3,(H,35,37)(H,36,40). The highest BCUT2D eigenvalue weighted by molar-refractivity contribution is 7.17. The number of benzene rings is 2. The van der Waals surface area contributed by atoms with Gasteiger partial charge in [-0.3, -0.25) is 14.4 Å². The highest BCUT2D eigenvalue weighted by Gasteiger charge is 2.32. The normalized spacial score (nSPS) is 16.9. The Morgan fingerprint density at radius 3 is 2.50 bits per heavy atom. The molecule has 0 radical (unpaired) electrons. The molecule has 0 saturated carbocycles. The summed E-state index contributed by atoms with van der Waals surface area (Å²) in [5.41, 5.74) is 4.06. The molecule has 2 aromatic carbocycles. The van der Waals surface area contributed by atoms with E-state index in [1.807, 2.05) is 49.4 Å². The van der Waals surface area contributed by atoms with Crippen LogP contribution in [-0.4, -0.2) is 50.1 Å². The third-order valence-electron chi connectivity index (χ3n) is 8.01. The average molecular weight is 614 g/mol. The van der Waals surface area contributed by atoms with E-state index in [4.69, 9.17) is 0 Å². The topological polar surface area (TPSA) is 117 Å². The number of carbonyl (C=O) groups is 2. The molecule has 9 nitrogen and oxygen atoms in total. The average Bonchev–Trinajstić information content (AvgIpc) is 3.43. The second-order valence-electron chi connectivity index (χ2n) is 12.8. The second-order valence-corrected chi connectivity index (χ2v) is 13.8. The van der Waals surface area contributed by atoms with Crippen molar-refractivity contribution in [1.82, 2.24) is 14.5 Å². The summed E-state index contributed by atoms with van der Waals surface area (Å²) in [6.07, 6.45) is 4.65. The predicted molar refractivity (Wildman–Crippen MR) is 176 cm³/mol. The molecule has 0 spiro atoms. The zero-order chi connectivity index (χ0) is 31.8. The first-order chi connectivity index (χ1) is 20.7. The molecule has 1 atom stereocenters. The van der Waals surface area contributed by atoms with Crippen molar-refractivity contribution in [2.75, 3.05) is 23.7 Å². The van der Waals surface area contributed by atoms with Crippen LogP contribution in [0.4, 0.5) is 16.5 Å². The van der Waals surface area contributed by atoms with Gasteiger partial charge in [-0.15, -0.1) is 0 Å². The number of aromatic nitrogens is 2. The zero-order valence-corrected chi connectivity index (χ0v) is 26.8. The van der Waals surface area contributed by atoms with Gasteiger partial charge in [0.2, 0.25) is 0 Å². The van der Waals surface area contributed by atoms with E-state index in [-0.39, 0.29) is 29.3 Å². The van der Waals surface area contributed by atoms with Gasteiger partial charge in [0.05, 0.1) is 11.8 Å². The Morgan fingerprint density at radius 2 is 1.82 bits per heavy atom. The van der Waals surface area contributed by atoms with Gasteiger partial charge < -0.3 is 25.2 Å². The smallest absolute Gasteiger partial charge is 0.274 e. The van der Waals surface area contributed by atoms with E-state index in [0.717, 1.165) is 28.7 Å². The van der Waals surface area contributed by atoms with Gasteiger partial charge in [0.15, 0.2) is 5.13 Å². The summed E-state index contributed by atoms with van der Waals surface area (Å²) < 4.78 is 1.49. The van der Waals surface area contributed by atoms with Gasteiger partial charge in [-0.25, -0.2) is 4.98 Å². The number of likely N-dealkylation sites (tertiary alicyclic amines) is 1. The lowest BCUT2D eigenvalue weighted by Crippen LogP contribution is -2.48. The number of amides is 2. The molecule has 1 aliphatic heterocycles. The Hall–Kier alpha value is -4.28.